The molecule has 0 aliphatic heterocycles. The average molecular weight is 336 g/mol. The standard InChI is InChI=1S/C14H14BrN3S/c15-11-1-2-13(12(9-11)14(16)19)18-8-5-10-3-6-17-7-4-10/h1-4,6-7,9,18H,5,8H2,(H2,16,19). The van der Waals surface area contributed by atoms with Crippen LogP contribution in [0.4, 0.5) is 5.69 Å². The molecule has 1 aromatic heterocycles. The van der Waals surface area contributed by atoms with Gasteiger partial charge in [0.05, 0.1) is 0 Å². The molecule has 19 heavy (non-hydrogen) atoms. The molecule has 1 heterocycles. The largest absolute Gasteiger partial charge is 0.389 e. The fraction of sp³-hybridized carbons (Fsp3) is 0.143. The van der Waals surface area contributed by atoms with Crippen LogP contribution < -0.4 is 11.1 Å². The van der Waals surface area contributed by atoms with Gasteiger partial charge in [0.1, 0.15) is 4.99 Å². The second-order valence-electron chi connectivity index (χ2n) is 4.09. The van der Waals surface area contributed by atoms with Crippen molar-refractivity contribution in [3.63, 3.8) is 0 Å². The average Bonchev–Trinajstić information content (AvgIpc) is 2.41. The van der Waals surface area contributed by atoms with Crippen LogP contribution in [0.25, 0.3) is 0 Å². The number of nitrogens with two attached hydrogens (primary N) is 1. The Labute approximate surface area is 126 Å². The second-order valence-corrected chi connectivity index (χ2v) is 5.44. The number of pyridine rings is 1. The Kier molecular flexibility index (Phi) is 4.87. The maximum Gasteiger partial charge on any atom is 0.106 e. The van der Waals surface area contributed by atoms with Crippen LogP contribution in [0.3, 0.4) is 0 Å². The molecule has 3 nitrogen and oxygen atoms in total. The summed E-state index contributed by atoms with van der Waals surface area (Å²) in [6, 6.07) is 9.90. The maximum atomic E-state index is 5.73. The van der Waals surface area contributed by atoms with E-state index in [0.717, 1.165) is 28.7 Å². The van der Waals surface area contributed by atoms with Gasteiger partial charge in [-0.3, -0.25) is 4.98 Å². The van der Waals surface area contributed by atoms with E-state index in [1.807, 2.05) is 30.3 Å². The van der Waals surface area contributed by atoms with Crippen molar-refractivity contribution in [2.24, 2.45) is 5.73 Å². The molecule has 3 N–H and O–H groups in total. The Morgan fingerprint density at radius 3 is 2.68 bits per heavy atom. The first-order chi connectivity index (χ1) is 9.16. The van der Waals surface area contributed by atoms with Gasteiger partial charge in [0, 0.05) is 34.7 Å². The van der Waals surface area contributed by atoms with Crippen LogP contribution >= 0.6 is 28.1 Å². The van der Waals surface area contributed by atoms with Crippen molar-refractivity contribution in [2.45, 2.75) is 6.42 Å². The quantitative estimate of drug-likeness (QED) is 0.824. The Bertz CT molecular complexity index is 572. The predicted molar refractivity (Wildman–Crippen MR) is 86.5 cm³/mol. The summed E-state index contributed by atoms with van der Waals surface area (Å²) in [6.45, 7) is 0.821. The van der Waals surface area contributed by atoms with E-state index in [0.29, 0.717) is 4.99 Å². The minimum absolute atomic E-state index is 0.396. The summed E-state index contributed by atoms with van der Waals surface area (Å²) in [5.41, 5.74) is 8.80. The van der Waals surface area contributed by atoms with Crippen LogP contribution in [0, 0.1) is 0 Å². The lowest BCUT2D eigenvalue weighted by Crippen LogP contribution is -2.14. The van der Waals surface area contributed by atoms with Gasteiger partial charge in [0.25, 0.3) is 0 Å². The lowest BCUT2D eigenvalue weighted by atomic mass is 10.1. The monoisotopic (exact) mass is 335 g/mol. The summed E-state index contributed by atoms with van der Waals surface area (Å²) in [6.07, 6.45) is 4.53. The van der Waals surface area contributed by atoms with Gasteiger partial charge in [-0.05, 0) is 42.3 Å². The zero-order chi connectivity index (χ0) is 13.7. The SMILES string of the molecule is NC(=S)c1cc(Br)ccc1NCCc1ccncc1. The van der Waals surface area contributed by atoms with E-state index in [9.17, 15) is 0 Å². The normalized spacial score (nSPS) is 10.2. The van der Waals surface area contributed by atoms with Crippen molar-refractivity contribution in [3.8, 4) is 0 Å². The molecule has 0 spiro atoms. The molecule has 0 fully saturated rings. The summed E-state index contributed by atoms with van der Waals surface area (Å²) in [4.78, 5) is 4.40. The molecule has 0 unspecified atom stereocenters. The highest BCUT2D eigenvalue weighted by molar-refractivity contribution is 9.10. The van der Waals surface area contributed by atoms with Gasteiger partial charge >= 0.3 is 0 Å². The lowest BCUT2D eigenvalue weighted by Gasteiger charge is -2.11. The first-order valence-electron chi connectivity index (χ1n) is 5.89. The number of rotatable bonds is 5. The highest BCUT2D eigenvalue weighted by Crippen LogP contribution is 2.21. The molecule has 0 saturated carbocycles. The van der Waals surface area contributed by atoms with E-state index in [4.69, 9.17) is 18.0 Å². The molecule has 0 aliphatic carbocycles. The van der Waals surface area contributed by atoms with Gasteiger partial charge < -0.3 is 11.1 Å². The highest BCUT2D eigenvalue weighted by atomic mass is 79.9. The van der Waals surface area contributed by atoms with Gasteiger partial charge in [-0.2, -0.15) is 0 Å². The van der Waals surface area contributed by atoms with E-state index < -0.39 is 0 Å². The zero-order valence-electron chi connectivity index (χ0n) is 10.3. The topological polar surface area (TPSA) is 50.9 Å². The van der Waals surface area contributed by atoms with Gasteiger partial charge in [-0.25, -0.2) is 0 Å². The van der Waals surface area contributed by atoms with E-state index in [1.165, 1.54) is 5.56 Å². The third-order valence-electron chi connectivity index (χ3n) is 2.73. The number of aromatic nitrogens is 1. The van der Waals surface area contributed by atoms with E-state index in [2.05, 4.69) is 26.2 Å². The van der Waals surface area contributed by atoms with Gasteiger partial charge in [0.2, 0.25) is 0 Å². The molecular formula is C14H14BrN3S. The summed E-state index contributed by atoms with van der Waals surface area (Å²) >= 11 is 8.48. The number of hydrogen-bond donors (Lipinski definition) is 2. The molecule has 0 aliphatic rings. The molecule has 2 rings (SSSR count). The molecule has 2 aromatic rings. The number of hydrogen-bond acceptors (Lipinski definition) is 3. The molecule has 0 saturated heterocycles. The Morgan fingerprint density at radius 2 is 2.00 bits per heavy atom. The van der Waals surface area contributed by atoms with Crippen molar-refractivity contribution in [1.82, 2.24) is 4.98 Å². The van der Waals surface area contributed by atoms with Gasteiger partial charge in [-0.15, -0.1) is 0 Å². The smallest absolute Gasteiger partial charge is 0.106 e. The van der Waals surface area contributed by atoms with Crippen molar-refractivity contribution in [3.05, 3.63) is 58.3 Å². The van der Waals surface area contributed by atoms with Crippen molar-refractivity contribution in [1.29, 1.82) is 0 Å². The minimum atomic E-state index is 0.396. The number of halogens is 1. The van der Waals surface area contributed by atoms with Gasteiger partial charge in [0.15, 0.2) is 0 Å². The minimum Gasteiger partial charge on any atom is -0.389 e. The summed E-state index contributed by atoms with van der Waals surface area (Å²) in [7, 11) is 0. The van der Waals surface area contributed by atoms with Gasteiger partial charge in [-0.1, -0.05) is 28.1 Å². The third kappa shape index (κ3) is 4.01. The highest BCUT2D eigenvalue weighted by Gasteiger charge is 2.05. The van der Waals surface area contributed by atoms with E-state index in [-0.39, 0.29) is 0 Å². The molecule has 5 heteroatoms. The molecule has 0 radical (unpaired) electrons. The first kappa shape index (κ1) is 14.0. The molecule has 0 atom stereocenters. The second kappa shape index (κ2) is 6.63. The fourth-order valence-electron chi connectivity index (χ4n) is 1.77. The number of nitrogens with one attached hydrogen (secondary N) is 1. The van der Waals surface area contributed by atoms with Crippen molar-refractivity contribution < 1.29 is 0 Å². The van der Waals surface area contributed by atoms with Crippen LogP contribution in [0.2, 0.25) is 0 Å². The fourth-order valence-corrected chi connectivity index (χ4v) is 2.30. The van der Waals surface area contributed by atoms with Crippen LogP contribution in [-0.2, 0) is 6.42 Å². The van der Waals surface area contributed by atoms with Crippen LogP contribution in [0.5, 0.6) is 0 Å². The van der Waals surface area contributed by atoms with Crippen LogP contribution in [0.15, 0.2) is 47.2 Å². The maximum absolute atomic E-state index is 5.73. The summed E-state index contributed by atoms with van der Waals surface area (Å²) < 4.78 is 0.968. The molecule has 98 valence electrons. The molecular weight excluding hydrogens is 322 g/mol. The van der Waals surface area contributed by atoms with E-state index in [1.54, 1.807) is 12.4 Å². The number of thiocarbonyl (C=S) groups is 1. The Hall–Kier alpha value is -1.46. The molecule has 0 amide bonds. The Morgan fingerprint density at radius 1 is 1.26 bits per heavy atom. The molecule has 0 bridgehead atoms. The van der Waals surface area contributed by atoms with E-state index >= 15 is 0 Å². The van der Waals surface area contributed by atoms with Crippen molar-refractivity contribution >= 4 is 38.8 Å². The predicted octanol–water partition coefficient (Wildman–Crippen LogP) is 3.13. The number of nitrogens with zero attached hydrogens (tertiary/aromatic N) is 1. The Balaban J connectivity index is 2.02. The third-order valence-corrected chi connectivity index (χ3v) is 3.44. The van der Waals surface area contributed by atoms with Crippen LogP contribution in [-0.4, -0.2) is 16.5 Å². The van der Waals surface area contributed by atoms with Crippen molar-refractivity contribution in [2.75, 3.05) is 11.9 Å². The zero-order valence-corrected chi connectivity index (χ0v) is 12.7. The molecule has 1 aromatic carbocycles. The lowest BCUT2D eigenvalue weighted by molar-refractivity contribution is 1.01. The van der Waals surface area contributed by atoms with Crippen LogP contribution in [0.1, 0.15) is 11.1 Å². The number of benzene rings is 1. The summed E-state index contributed by atoms with van der Waals surface area (Å²) in [5.74, 6) is 0. The summed E-state index contributed by atoms with van der Waals surface area (Å²) in [5, 5.41) is 3.36. The first-order valence-corrected chi connectivity index (χ1v) is 7.09. The number of anilines is 1.